The van der Waals surface area contributed by atoms with Crippen LogP contribution >= 0.6 is 0 Å². The summed E-state index contributed by atoms with van der Waals surface area (Å²) in [5.74, 6) is 0. The summed E-state index contributed by atoms with van der Waals surface area (Å²) in [7, 11) is -3.87. The van der Waals surface area contributed by atoms with E-state index in [9.17, 15) is 18.5 Å². The Morgan fingerprint density at radius 1 is 1.33 bits per heavy atom. The Balaban J connectivity index is 1.90. The molecule has 7 nitrogen and oxygen atoms in total. The van der Waals surface area contributed by atoms with E-state index in [1.807, 2.05) is 0 Å². The Morgan fingerprint density at radius 2 is 2.08 bits per heavy atom. The summed E-state index contributed by atoms with van der Waals surface area (Å²) in [5.41, 5.74) is -0.396. The zero-order valence-corrected chi connectivity index (χ0v) is 14.8. The zero-order valence-electron chi connectivity index (χ0n) is 14.0. The van der Waals surface area contributed by atoms with Crippen LogP contribution in [0.3, 0.4) is 0 Å². The molecule has 0 spiro atoms. The highest BCUT2D eigenvalue weighted by Gasteiger charge is 2.25. The summed E-state index contributed by atoms with van der Waals surface area (Å²) in [4.78, 5) is 12.4. The first-order valence-corrected chi connectivity index (χ1v) is 9.91. The highest BCUT2D eigenvalue weighted by molar-refractivity contribution is 7.89. The molecular formula is C16H25N3O4S. The minimum atomic E-state index is -3.87. The fraction of sp³-hybridized carbons (Fsp3) is 0.625. The van der Waals surface area contributed by atoms with Crippen LogP contribution in [0.1, 0.15) is 39.0 Å². The number of nitrogens with one attached hydrogen (secondary N) is 1. The Hall–Kier alpha value is -1.51. The zero-order chi connectivity index (χ0) is 17.6. The van der Waals surface area contributed by atoms with Crippen molar-refractivity contribution in [3.8, 4) is 0 Å². The molecule has 0 saturated carbocycles. The van der Waals surface area contributed by atoms with Gasteiger partial charge in [0.05, 0.1) is 4.92 Å². The normalized spacial score (nSPS) is 19.3. The molecule has 0 bridgehead atoms. The topological polar surface area (TPSA) is 92.6 Å². The van der Waals surface area contributed by atoms with Crippen molar-refractivity contribution >= 4 is 15.7 Å². The average molecular weight is 355 g/mol. The van der Waals surface area contributed by atoms with Crippen LogP contribution in [0, 0.1) is 10.1 Å². The largest absolute Gasteiger partial charge is 0.300 e. The van der Waals surface area contributed by atoms with Gasteiger partial charge in [-0.15, -0.1) is 0 Å². The number of nitro groups is 1. The van der Waals surface area contributed by atoms with Crippen molar-refractivity contribution in [1.82, 2.24) is 9.62 Å². The van der Waals surface area contributed by atoms with E-state index in [2.05, 4.69) is 16.5 Å². The van der Waals surface area contributed by atoms with Crippen LogP contribution in [0.5, 0.6) is 0 Å². The van der Waals surface area contributed by atoms with E-state index in [4.69, 9.17) is 0 Å². The number of rotatable bonds is 8. The summed E-state index contributed by atoms with van der Waals surface area (Å²) in [6, 6.07) is 6.00. The Labute approximate surface area is 143 Å². The molecule has 1 saturated heterocycles. The molecule has 8 heteroatoms. The number of likely N-dealkylation sites (tertiary alicyclic amines) is 1. The van der Waals surface area contributed by atoms with E-state index in [0.29, 0.717) is 12.5 Å². The number of nitro benzene ring substituents is 1. The number of nitrogens with zero attached hydrogens (tertiary/aromatic N) is 2. The third kappa shape index (κ3) is 4.75. The lowest BCUT2D eigenvalue weighted by Gasteiger charge is -2.35. The first kappa shape index (κ1) is 18.8. The van der Waals surface area contributed by atoms with Gasteiger partial charge in [-0.25, -0.2) is 13.1 Å². The van der Waals surface area contributed by atoms with E-state index in [1.54, 1.807) is 0 Å². The molecule has 0 amide bonds. The number of hydrogen-bond acceptors (Lipinski definition) is 5. The summed E-state index contributed by atoms with van der Waals surface area (Å²) in [6.07, 6.45) is 5.47. The molecule has 0 radical (unpaired) electrons. The van der Waals surface area contributed by atoms with Crippen molar-refractivity contribution in [2.24, 2.45) is 0 Å². The first-order chi connectivity index (χ1) is 11.5. The lowest BCUT2D eigenvalue weighted by Crippen LogP contribution is -2.40. The van der Waals surface area contributed by atoms with Gasteiger partial charge in [-0.05, 0) is 44.8 Å². The standard InChI is InChI=1S/C16H25N3O4S/c1-2-14-8-5-6-12-18(14)13-7-11-17-24(22,23)16-10-4-3-9-15(16)19(20)21/h3-4,9-10,14,17H,2,5-8,11-13H2,1H3/t14-/m0/s1. The summed E-state index contributed by atoms with van der Waals surface area (Å²) in [5, 5.41) is 11.0. The molecule has 1 aliphatic heterocycles. The first-order valence-electron chi connectivity index (χ1n) is 8.43. The van der Waals surface area contributed by atoms with E-state index in [0.717, 1.165) is 19.5 Å². The maximum atomic E-state index is 12.3. The summed E-state index contributed by atoms with van der Waals surface area (Å²) >= 11 is 0. The molecule has 1 heterocycles. The third-order valence-corrected chi connectivity index (χ3v) is 5.99. The van der Waals surface area contributed by atoms with Gasteiger partial charge in [-0.2, -0.15) is 0 Å². The Bertz CT molecular complexity index is 663. The second kappa shape index (κ2) is 8.55. The number of sulfonamides is 1. The average Bonchev–Trinajstić information content (AvgIpc) is 2.59. The second-order valence-corrected chi connectivity index (χ2v) is 7.81. The number of benzene rings is 1. The van der Waals surface area contributed by atoms with Gasteiger partial charge in [0.15, 0.2) is 4.90 Å². The monoisotopic (exact) mass is 355 g/mol. The van der Waals surface area contributed by atoms with Gasteiger partial charge in [-0.3, -0.25) is 10.1 Å². The van der Waals surface area contributed by atoms with Crippen molar-refractivity contribution in [3.63, 3.8) is 0 Å². The quantitative estimate of drug-likeness (QED) is 0.439. The molecule has 0 aromatic heterocycles. The number of piperidine rings is 1. The van der Waals surface area contributed by atoms with Crippen LogP contribution in [0.2, 0.25) is 0 Å². The van der Waals surface area contributed by atoms with Crippen LogP contribution in [-0.2, 0) is 10.0 Å². The Morgan fingerprint density at radius 3 is 2.79 bits per heavy atom. The van der Waals surface area contributed by atoms with E-state index in [1.165, 1.54) is 43.5 Å². The minimum Gasteiger partial charge on any atom is -0.300 e. The number of para-hydroxylation sites is 1. The van der Waals surface area contributed by atoms with Crippen LogP contribution in [-0.4, -0.2) is 43.9 Å². The molecule has 1 fully saturated rings. The smallest absolute Gasteiger partial charge is 0.289 e. The van der Waals surface area contributed by atoms with Crippen LogP contribution in [0.25, 0.3) is 0 Å². The maximum Gasteiger partial charge on any atom is 0.289 e. The molecule has 24 heavy (non-hydrogen) atoms. The second-order valence-electron chi connectivity index (χ2n) is 6.07. The molecule has 0 aliphatic carbocycles. The molecule has 2 rings (SSSR count). The van der Waals surface area contributed by atoms with Gasteiger partial charge in [0, 0.05) is 18.7 Å². The SMILES string of the molecule is CC[C@H]1CCCCN1CCCNS(=O)(=O)c1ccccc1[N+](=O)[O-]. The number of hydrogen-bond donors (Lipinski definition) is 1. The summed E-state index contributed by atoms with van der Waals surface area (Å²) < 4.78 is 27.1. The lowest BCUT2D eigenvalue weighted by molar-refractivity contribution is -0.387. The van der Waals surface area contributed by atoms with Crippen LogP contribution in [0.4, 0.5) is 5.69 Å². The molecule has 1 aromatic rings. The van der Waals surface area contributed by atoms with E-state index >= 15 is 0 Å². The van der Waals surface area contributed by atoms with Crippen LogP contribution < -0.4 is 4.72 Å². The van der Waals surface area contributed by atoms with Gasteiger partial charge in [0.25, 0.3) is 5.69 Å². The third-order valence-electron chi connectivity index (χ3n) is 4.49. The Kier molecular flexibility index (Phi) is 6.70. The van der Waals surface area contributed by atoms with Crippen molar-refractivity contribution in [2.75, 3.05) is 19.6 Å². The van der Waals surface area contributed by atoms with Gasteiger partial charge in [-0.1, -0.05) is 25.5 Å². The lowest BCUT2D eigenvalue weighted by atomic mass is 10.00. The molecular weight excluding hydrogens is 330 g/mol. The van der Waals surface area contributed by atoms with Gasteiger partial charge >= 0.3 is 0 Å². The van der Waals surface area contributed by atoms with Crippen molar-refractivity contribution in [1.29, 1.82) is 0 Å². The molecule has 0 unspecified atom stereocenters. The predicted molar refractivity (Wildman–Crippen MR) is 92.4 cm³/mol. The summed E-state index contributed by atoms with van der Waals surface area (Å²) in [6.45, 7) is 4.37. The predicted octanol–water partition coefficient (Wildman–Crippen LogP) is 2.53. The highest BCUT2D eigenvalue weighted by atomic mass is 32.2. The molecule has 1 N–H and O–H groups in total. The van der Waals surface area contributed by atoms with E-state index < -0.39 is 20.6 Å². The van der Waals surface area contributed by atoms with Crippen molar-refractivity contribution in [3.05, 3.63) is 34.4 Å². The van der Waals surface area contributed by atoms with Crippen molar-refractivity contribution in [2.45, 2.75) is 50.0 Å². The van der Waals surface area contributed by atoms with E-state index in [-0.39, 0.29) is 11.4 Å². The van der Waals surface area contributed by atoms with Crippen molar-refractivity contribution < 1.29 is 13.3 Å². The molecule has 1 atom stereocenters. The minimum absolute atomic E-state index is 0.278. The molecule has 1 aromatic carbocycles. The van der Waals surface area contributed by atoms with Gasteiger partial charge < -0.3 is 4.90 Å². The van der Waals surface area contributed by atoms with Crippen LogP contribution in [0.15, 0.2) is 29.2 Å². The molecule has 134 valence electrons. The van der Waals surface area contributed by atoms with Gasteiger partial charge in [0.1, 0.15) is 0 Å². The molecule has 1 aliphatic rings. The fourth-order valence-electron chi connectivity index (χ4n) is 3.22. The highest BCUT2D eigenvalue weighted by Crippen LogP contribution is 2.23. The maximum absolute atomic E-state index is 12.3. The fourth-order valence-corrected chi connectivity index (χ4v) is 4.46. The van der Waals surface area contributed by atoms with Gasteiger partial charge in [0.2, 0.25) is 10.0 Å².